The monoisotopic (exact) mass is 251 g/mol. The Kier molecular flexibility index (Phi) is 3.66. The number of ether oxygens (including phenoxy) is 2. The zero-order chi connectivity index (χ0) is 13.2. The molecule has 2 N–H and O–H groups in total. The Hall–Kier alpha value is -1.42. The van der Waals surface area contributed by atoms with Crippen molar-refractivity contribution in [2.45, 2.75) is 26.3 Å². The van der Waals surface area contributed by atoms with Crippen molar-refractivity contribution in [2.75, 3.05) is 20.8 Å². The summed E-state index contributed by atoms with van der Waals surface area (Å²) in [5, 5.41) is 13.2. The van der Waals surface area contributed by atoms with Crippen LogP contribution in [0.4, 0.5) is 0 Å². The van der Waals surface area contributed by atoms with E-state index in [9.17, 15) is 5.11 Å². The predicted molar refractivity (Wildman–Crippen MR) is 70.3 cm³/mol. The lowest BCUT2D eigenvalue weighted by Crippen LogP contribution is -2.21. The molecule has 1 aliphatic carbocycles. The Morgan fingerprint density at radius 3 is 2.22 bits per heavy atom. The van der Waals surface area contributed by atoms with Crippen molar-refractivity contribution in [2.24, 2.45) is 5.41 Å². The Labute approximate surface area is 108 Å². The van der Waals surface area contributed by atoms with Gasteiger partial charge in [0.15, 0.2) is 11.5 Å². The average Bonchev–Trinajstić information content (AvgIpc) is 3.09. The lowest BCUT2D eigenvalue weighted by Gasteiger charge is -2.13. The molecule has 0 unspecified atom stereocenters. The normalized spacial score (nSPS) is 16.4. The number of hydrogen-bond donors (Lipinski definition) is 2. The average molecular weight is 251 g/mol. The molecule has 0 aromatic heterocycles. The van der Waals surface area contributed by atoms with E-state index in [1.165, 1.54) is 27.1 Å². The standard InChI is InChI=1S/C14H21NO3/c1-14(4-5-14)9-15-8-10-6-11(17-2)13(16)12(7-10)18-3/h6-7,15-16H,4-5,8-9H2,1-3H3. The molecule has 0 radical (unpaired) electrons. The Bertz CT molecular complexity index is 402. The van der Waals surface area contributed by atoms with Gasteiger partial charge in [-0.3, -0.25) is 0 Å². The van der Waals surface area contributed by atoms with Gasteiger partial charge in [0.2, 0.25) is 5.75 Å². The van der Waals surface area contributed by atoms with Crippen LogP contribution >= 0.6 is 0 Å². The molecule has 1 aliphatic rings. The maximum atomic E-state index is 9.81. The molecule has 0 spiro atoms. The van der Waals surface area contributed by atoms with Crippen LogP contribution in [0.25, 0.3) is 0 Å². The van der Waals surface area contributed by atoms with E-state index in [2.05, 4.69) is 12.2 Å². The number of methoxy groups -OCH3 is 2. The number of phenolic OH excluding ortho intramolecular Hbond substituents is 1. The van der Waals surface area contributed by atoms with Gasteiger partial charge >= 0.3 is 0 Å². The molecule has 2 rings (SSSR count). The summed E-state index contributed by atoms with van der Waals surface area (Å²) in [5.74, 6) is 0.950. The highest BCUT2D eigenvalue weighted by molar-refractivity contribution is 5.52. The Balaban J connectivity index is 2.02. The quantitative estimate of drug-likeness (QED) is 0.814. The Morgan fingerprint density at radius 1 is 1.22 bits per heavy atom. The third-order valence-corrected chi connectivity index (χ3v) is 3.52. The molecule has 4 nitrogen and oxygen atoms in total. The van der Waals surface area contributed by atoms with Gasteiger partial charge in [-0.05, 0) is 36.0 Å². The van der Waals surface area contributed by atoms with Crippen LogP contribution in [-0.4, -0.2) is 25.9 Å². The fourth-order valence-corrected chi connectivity index (χ4v) is 1.95. The second-order valence-corrected chi connectivity index (χ2v) is 5.26. The maximum Gasteiger partial charge on any atom is 0.200 e. The molecule has 0 atom stereocenters. The van der Waals surface area contributed by atoms with Crippen LogP contribution in [0.3, 0.4) is 0 Å². The smallest absolute Gasteiger partial charge is 0.200 e. The summed E-state index contributed by atoms with van der Waals surface area (Å²) in [5.41, 5.74) is 1.54. The van der Waals surface area contributed by atoms with Gasteiger partial charge < -0.3 is 19.9 Å². The first-order chi connectivity index (χ1) is 8.58. The number of benzene rings is 1. The summed E-state index contributed by atoms with van der Waals surface area (Å²) >= 11 is 0. The number of aromatic hydroxyl groups is 1. The third-order valence-electron chi connectivity index (χ3n) is 3.52. The molecular weight excluding hydrogens is 230 g/mol. The van der Waals surface area contributed by atoms with Gasteiger partial charge in [0, 0.05) is 13.1 Å². The molecule has 0 saturated heterocycles. The van der Waals surface area contributed by atoms with Gasteiger partial charge in [-0.25, -0.2) is 0 Å². The zero-order valence-electron chi connectivity index (χ0n) is 11.2. The highest BCUT2D eigenvalue weighted by atomic mass is 16.5. The fraction of sp³-hybridized carbons (Fsp3) is 0.571. The van der Waals surface area contributed by atoms with Crippen LogP contribution in [0.2, 0.25) is 0 Å². The highest BCUT2D eigenvalue weighted by Gasteiger charge is 2.36. The molecule has 1 saturated carbocycles. The van der Waals surface area contributed by atoms with E-state index < -0.39 is 0 Å². The first-order valence-corrected chi connectivity index (χ1v) is 6.22. The van der Waals surface area contributed by atoms with Crippen molar-refractivity contribution in [1.29, 1.82) is 0 Å². The van der Waals surface area contributed by atoms with E-state index in [1.807, 2.05) is 12.1 Å². The molecule has 0 bridgehead atoms. The first kappa shape index (κ1) is 13.0. The van der Waals surface area contributed by atoms with Gasteiger partial charge in [0.1, 0.15) is 0 Å². The highest BCUT2D eigenvalue weighted by Crippen LogP contribution is 2.44. The van der Waals surface area contributed by atoms with Crippen LogP contribution in [0.1, 0.15) is 25.3 Å². The van der Waals surface area contributed by atoms with Crippen LogP contribution in [0.15, 0.2) is 12.1 Å². The van der Waals surface area contributed by atoms with Gasteiger partial charge in [-0.2, -0.15) is 0 Å². The molecule has 1 aromatic rings. The zero-order valence-corrected chi connectivity index (χ0v) is 11.2. The van der Waals surface area contributed by atoms with E-state index in [4.69, 9.17) is 9.47 Å². The molecule has 0 aliphatic heterocycles. The molecular formula is C14H21NO3. The third kappa shape index (κ3) is 2.88. The molecule has 4 heteroatoms. The molecule has 1 fully saturated rings. The van der Waals surface area contributed by atoms with Crippen molar-refractivity contribution in [3.63, 3.8) is 0 Å². The second kappa shape index (κ2) is 5.06. The number of rotatable bonds is 6. The molecule has 0 amide bonds. The predicted octanol–water partition coefficient (Wildman–Crippen LogP) is 2.30. The van der Waals surface area contributed by atoms with E-state index in [0.717, 1.165) is 18.7 Å². The van der Waals surface area contributed by atoms with Gasteiger partial charge in [-0.1, -0.05) is 6.92 Å². The summed E-state index contributed by atoms with van der Waals surface area (Å²) in [4.78, 5) is 0. The summed E-state index contributed by atoms with van der Waals surface area (Å²) in [6.45, 7) is 4.07. The first-order valence-electron chi connectivity index (χ1n) is 6.22. The van der Waals surface area contributed by atoms with E-state index in [0.29, 0.717) is 16.9 Å². The number of phenols is 1. The van der Waals surface area contributed by atoms with Gasteiger partial charge in [0.05, 0.1) is 14.2 Å². The summed E-state index contributed by atoms with van der Waals surface area (Å²) in [6, 6.07) is 3.67. The molecule has 100 valence electrons. The van der Waals surface area contributed by atoms with Crippen molar-refractivity contribution >= 4 is 0 Å². The SMILES string of the molecule is COc1cc(CNCC2(C)CC2)cc(OC)c1O. The van der Waals surface area contributed by atoms with E-state index in [-0.39, 0.29) is 5.75 Å². The largest absolute Gasteiger partial charge is 0.502 e. The fourth-order valence-electron chi connectivity index (χ4n) is 1.95. The van der Waals surface area contributed by atoms with Crippen molar-refractivity contribution < 1.29 is 14.6 Å². The van der Waals surface area contributed by atoms with E-state index in [1.54, 1.807) is 0 Å². The topological polar surface area (TPSA) is 50.7 Å². The second-order valence-electron chi connectivity index (χ2n) is 5.26. The van der Waals surface area contributed by atoms with Crippen LogP contribution in [0, 0.1) is 5.41 Å². The Morgan fingerprint density at radius 2 is 1.78 bits per heavy atom. The summed E-state index contributed by atoms with van der Waals surface area (Å²) < 4.78 is 10.3. The van der Waals surface area contributed by atoms with Gasteiger partial charge in [0.25, 0.3) is 0 Å². The minimum atomic E-state index is 0.0536. The molecule has 18 heavy (non-hydrogen) atoms. The van der Waals surface area contributed by atoms with E-state index >= 15 is 0 Å². The van der Waals surface area contributed by atoms with Crippen molar-refractivity contribution in [3.8, 4) is 17.2 Å². The van der Waals surface area contributed by atoms with Crippen molar-refractivity contribution in [1.82, 2.24) is 5.32 Å². The van der Waals surface area contributed by atoms with Gasteiger partial charge in [-0.15, -0.1) is 0 Å². The van der Waals surface area contributed by atoms with Crippen LogP contribution in [-0.2, 0) is 6.54 Å². The lowest BCUT2D eigenvalue weighted by atomic mass is 10.1. The van der Waals surface area contributed by atoms with Crippen LogP contribution in [0.5, 0.6) is 17.2 Å². The minimum absolute atomic E-state index is 0.0536. The maximum absolute atomic E-state index is 9.81. The number of hydrogen-bond acceptors (Lipinski definition) is 4. The minimum Gasteiger partial charge on any atom is -0.502 e. The molecule has 1 aromatic carbocycles. The number of nitrogens with one attached hydrogen (secondary N) is 1. The lowest BCUT2D eigenvalue weighted by molar-refractivity contribution is 0.339. The van der Waals surface area contributed by atoms with Crippen LogP contribution < -0.4 is 14.8 Å². The summed E-state index contributed by atoms with van der Waals surface area (Å²) in [6.07, 6.45) is 2.62. The van der Waals surface area contributed by atoms with Crippen molar-refractivity contribution in [3.05, 3.63) is 17.7 Å². The summed E-state index contributed by atoms with van der Waals surface area (Å²) in [7, 11) is 3.08. The molecule has 0 heterocycles.